The molecule has 10 nitrogen and oxygen atoms in total. The van der Waals surface area contributed by atoms with Gasteiger partial charge in [0, 0.05) is 13.0 Å². The van der Waals surface area contributed by atoms with E-state index < -0.39 is 41.4 Å². The molecule has 0 saturated carbocycles. The first-order valence-electron chi connectivity index (χ1n) is 12.7. The zero-order valence-corrected chi connectivity index (χ0v) is 24.4. The maximum atomic E-state index is 13.6. The summed E-state index contributed by atoms with van der Waals surface area (Å²) in [5, 5.41) is 24.8. The Balaban J connectivity index is 1.69. The van der Waals surface area contributed by atoms with Gasteiger partial charge in [-0.05, 0) is 30.4 Å². The molecule has 12 heteroatoms. The van der Waals surface area contributed by atoms with Crippen LogP contribution in [-0.4, -0.2) is 80.0 Å². The quantitative estimate of drug-likeness (QED) is 0.337. The summed E-state index contributed by atoms with van der Waals surface area (Å²) in [6.07, 6.45) is -0.781. The molecule has 2 aromatic rings. The molecule has 0 bridgehead atoms. The average Bonchev–Trinajstić information content (AvgIpc) is 3.46. The minimum Gasteiger partial charge on any atom is -0.481 e. The van der Waals surface area contributed by atoms with Crippen LogP contribution in [0.1, 0.15) is 51.4 Å². The monoisotopic (exact) mass is 576 g/mol. The standard InChI is InChI=1S/C27H36N4O6S2/c1-15(17-6-8-18(9-7-17)23-16(2)28-14-39-23)29-25(36)20-10-19(32)11-31(20)26(37)24(27(3,4)5)30-21(33)12-38-13-22(34)35/h6-9,14-15,19-20,24,32H,10-13H2,1-5H3,(H,29,36)(H,30,33)(H,34,35)/t15-,19+,20-,24?/m0/s1. The number of β-amino-alcohol motifs (C(OH)–C–C–N with tert-alkyl or cyclic N) is 1. The Morgan fingerprint density at radius 2 is 1.82 bits per heavy atom. The van der Waals surface area contributed by atoms with Gasteiger partial charge in [0.05, 0.1) is 39.7 Å². The first-order chi connectivity index (χ1) is 18.3. The molecule has 1 aliphatic heterocycles. The molecule has 212 valence electrons. The van der Waals surface area contributed by atoms with Gasteiger partial charge in [0.15, 0.2) is 0 Å². The van der Waals surface area contributed by atoms with E-state index in [9.17, 15) is 24.3 Å². The predicted octanol–water partition coefficient (Wildman–Crippen LogP) is 2.61. The van der Waals surface area contributed by atoms with Crippen LogP contribution in [0.15, 0.2) is 29.8 Å². The number of hydrogen-bond donors (Lipinski definition) is 4. The van der Waals surface area contributed by atoms with Gasteiger partial charge in [-0.3, -0.25) is 19.2 Å². The molecule has 0 spiro atoms. The van der Waals surface area contributed by atoms with Crippen LogP contribution in [0.3, 0.4) is 0 Å². The molecule has 3 amide bonds. The summed E-state index contributed by atoms with van der Waals surface area (Å²) in [4.78, 5) is 56.9. The molecular weight excluding hydrogens is 540 g/mol. The van der Waals surface area contributed by atoms with Crippen molar-refractivity contribution in [3.8, 4) is 10.4 Å². The molecule has 1 fully saturated rings. The largest absolute Gasteiger partial charge is 0.481 e. The number of aliphatic hydroxyl groups is 1. The molecule has 1 aliphatic rings. The molecule has 1 aromatic carbocycles. The second-order valence-corrected chi connectivity index (χ2v) is 12.6. The summed E-state index contributed by atoms with van der Waals surface area (Å²) < 4.78 is 0. The van der Waals surface area contributed by atoms with Crippen molar-refractivity contribution in [3.05, 3.63) is 41.0 Å². The van der Waals surface area contributed by atoms with E-state index >= 15 is 0 Å². The number of nitrogens with one attached hydrogen (secondary N) is 2. The Kier molecular flexibility index (Phi) is 10.1. The Morgan fingerprint density at radius 3 is 2.38 bits per heavy atom. The highest BCUT2D eigenvalue weighted by Crippen LogP contribution is 2.29. The van der Waals surface area contributed by atoms with Gasteiger partial charge in [-0.2, -0.15) is 0 Å². The maximum absolute atomic E-state index is 13.6. The van der Waals surface area contributed by atoms with Crippen molar-refractivity contribution < 1.29 is 29.4 Å². The number of carboxylic acids is 1. The molecule has 1 saturated heterocycles. The van der Waals surface area contributed by atoms with E-state index in [0.717, 1.165) is 33.5 Å². The number of thioether (sulfide) groups is 1. The molecule has 4 N–H and O–H groups in total. The second kappa shape index (κ2) is 12.9. The summed E-state index contributed by atoms with van der Waals surface area (Å²) in [5.41, 5.74) is 4.01. The lowest BCUT2D eigenvalue weighted by molar-refractivity contribution is -0.143. The summed E-state index contributed by atoms with van der Waals surface area (Å²) >= 11 is 2.50. The predicted molar refractivity (Wildman–Crippen MR) is 151 cm³/mol. The van der Waals surface area contributed by atoms with Crippen LogP contribution in [0.2, 0.25) is 0 Å². The molecule has 39 heavy (non-hydrogen) atoms. The topological polar surface area (TPSA) is 149 Å². The Labute approximate surface area is 236 Å². The number of aromatic nitrogens is 1. The van der Waals surface area contributed by atoms with E-state index in [4.69, 9.17) is 5.11 Å². The van der Waals surface area contributed by atoms with E-state index in [1.54, 1.807) is 37.6 Å². The van der Waals surface area contributed by atoms with Crippen molar-refractivity contribution in [1.29, 1.82) is 0 Å². The zero-order chi connectivity index (χ0) is 28.9. The molecular formula is C27H36N4O6S2. The van der Waals surface area contributed by atoms with Gasteiger partial charge < -0.3 is 25.7 Å². The number of carboxylic acid groups (broad SMARTS) is 1. The number of nitrogens with zero attached hydrogens (tertiary/aromatic N) is 2. The second-order valence-electron chi connectivity index (χ2n) is 10.8. The summed E-state index contributed by atoms with van der Waals surface area (Å²) in [6, 6.07) is 5.66. The number of rotatable bonds is 10. The number of amides is 3. The van der Waals surface area contributed by atoms with Crippen molar-refractivity contribution in [3.63, 3.8) is 0 Å². The van der Waals surface area contributed by atoms with Gasteiger partial charge in [0.25, 0.3) is 0 Å². The Hall–Kier alpha value is -2.96. The summed E-state index contributed by atoms with van der Waals surface area (Å²) in [5.74, 6) is -2.69. The molecule has 1 unspecified atom stereocenters. The fraction of sp³-hybridized carbons (Fsp3) is 0.519. The van der Waals surface area contributed by atoms with Crippen LogP contribution in [0, 0.1) is 12.3 Å². The number of aliphatic hydroxyl groups excluding tert-OH is 1. The number of carbonyl (C=O) groups is 4. The number of thiazole rings is 1. The first kappa shape index (κ1) is 30.6. The van der Waals surface area contributed by atoms with E-state index in [2.05, 4.69) is 15.6 Å². The van der Waals surface area contributed by atoms with Crippen molar-refractivity contribution >= 4 is 46.8 Å². The number of aryl methyl sites for hydroxylation is 1. The minimum atomic E-state index is -1.03. The summed E-state index contributed by atoms with van der Waals surface area (Å²) in [6.45, 7) is 9.17. The van der Waals surface area contributed by atoms with Crippen LogP contribution in [-0.2, 0) is 19.2 Å². The average molecular weight is 577 g/mol. The third kappa shape index (κ3) is 8.02. The van der Waals surface area contributed by atoms with Crippen LogP contribution in [0.4, 0.5) is 0 Å². The number of aliphatic carboxylic acids is 1. The SMILES string of the molecule is Cc1ncsc1-c1ccc([C@H](C)NC(=O)[C@@H]2C[C@@H](O)CN2C(=O)C(NC(=O)CSCC(=O)O)C(C)(C)C)cc1. The lowest BCUT2D eigenvalue weighted by Gasteiger charge is -2.35. The molecule has 0 radical (unpaired) electrons. The fourth-order valence-corrected chi connectivity index (χ4v) is 5.81. The molecule has 2 heterocycles. The molecule has 0 aliphatic carbocycles. The molecule has 4 atom stereocenters. The smallest absolute Gasteiger partial charge is 0.313 e. The normalized spacial score (nSPS) is 18.9. The van der Waals surface area contributed by atoms with Crippen molar-refractivity contribution in [2.24, 2.45) is 5.41 Å². The van der Waals surface area contributed by atoms with E-state index in [1.807, 2.05) is 38.1 Å². The van der Waals surface area contributed by atoms with Crippen LogP contribution >= 0.6 is 23.1 Å². The van der Waals surface area contributed by atoms with Crippen LogP contribution in [0.5, 0.6) is 0 Å². The van der Waals surface area contributed by atoms with E-state index in [1.165, 1.54) is 4.90 Å². The highest BCUT2D eigenvalue weighted by Gasteiger charge is 2.44. The third-order valence-electron chi connectivity index (χ3n) is 6.52. The highest BCUT2D eigenvalue weighted by molar-refractivity contribution is 8.00. The van der Waals surface area contributed by atoms with Gasteiger partial charge in [-0.1, -0.05) is 45.0 Å². The van der Waals surface area contributed by atoms with Gasteiger partial charge in [-0.25, -0.2) is 4.98 Å². The first-order valence-corrected chi connectivity index (χ1v) is 14.7. The highest BCUT2D eigenvalue weighted by atomic mass is 32.2. The number of benzene rings is 1. The number of hydrogen-bond acceptors (Lipinski definition) is 8. The van der Waals surface area contributed by atoms with Gasteiger partial charge >= 0.3 is 5.97 Å². The van der Waals surface area contributed by atoms with Crippen LogP contribution in [0.25, 0.3) is 10.4 Å². The van der Waals surface area contributed by atoms with Gasteiger partial charge in [0.1, 0.15) is 12.1 Å². The lowest BCUT2D eigenvalue weighted by atomic mass is 9.85. The van der Waals surface area contributed by atoms with E-state index in [-0.39, 0.29) is 36.4 Å². The van der Waals surface area contributed by atoms with Gasteiger partial charge in [0.2, 0.25) is 17.7 Å². The lowest BCUT2D eigenvalue weighted by Crippen LogP contribution is -2.58. The molecule has 3 rings (SSSR count). The fourth-order valence-electron chi connectivity index (χ4n) is 4.45. The van der Waals surface area contributed by atoms with Crippen molar-refractivity contribution in [2.45, 2.75) is 65.3 Å². The number of carbonyl (C=O) groups excluding carboxylic acids is 3. The number of likely N-dealkylation sites (tertiary alicyclic amines) is 1. The van der Waals surface area contributed by atoms with Gasteiger partial charge in [-0.15, -0.1) is 23.1 Å². The summed E-state index contributed by atoms with van der Waals surface area (Å²) in [7, 11) is 0. The van der Waals surface area contributed by atoms with Crippen LogP contribution < -0.4 is 10.6 Å². The van der Waals surface area contributed by atoms with Crippen molar-refractivity contribution in [1.82, 2.24) is 20.5 Å². The van der Waals surface area contributed by atoms with E-state index in [0.29, 0.717) is 0 Å². The van der Waals surface area contributed by atoms with Crippen molar-refractivity contribution in [2.75, 3.05) is 18.1 Å². The Bertz CT molecular complexity index is 1190. The minimum absolute atomic E-state index is 0.0234. The maximum Gasteiger partial charge on any atom is 0.313 e. The Morgan fingerprint density at radius 1 is 1.15 bits per heavy atom. The zero-order valence-electron chi connectivity index (χ0n) is 22.8. The third-order valence-corrected chi connectivity index (χ3v) is 8.41. The molecule has 1 aromatic heterocycles.